The summed E-state index contributed by atoms with van der Waals surface area (Å²) in [7, 11) is 0. The Hall–Kier alpha value is -0.830. The van der Waals surface area contributed by atoms with E-state index in [1.807, 2.05) is 0 Å². The van der Waals surface area contributed by atoms with Crippen LogP contribution in [-0.4, -0.2) is 24.8 Å². The van der Waals surface area contributed by atoms with Crippen molar-refractivity contribution in [2.24, 2.45) is 22.7 Å². The third-order valence-corrected chi connectivity index (χ3v) is 7.55. The Morgan fingerprint density at radius 2 is 2.00 bits per heavy atom. The molecule has 0 amide bonds. The van der Waals surface area contributed by atoms with Crippen LogP contribution in [0.2, 0.25) is 0 Å². The fraction of sp³-hybridized carbons (Fsp3) is 0.850. The smallest absolute Gasteiger partial charge is 0.333 e. The Kier molecular flexibility index (Phi) is 3.46. The summed E-state index contributed by atoms with van der Waals surface area (Å²) in [6, 6.07) is 0. The number of esters is 1. The fourth-order valence-electron chi connectivity index (χ4n) is 6.28. The van der Waals surface area contributed by atoms with Crippen molar-refractivity contribution < 1.29 is 14.3 Å². The largest absolute Gasteiger partial charge is 0.462 e. The van der Waals surface area contributed by atoms with Gasteiger partial charge in [-0.15, -0.1) is 0 Å². The van der Waals surface area contributed by atoms with E-state index in [-0.39, 0.29) is 11.6 Å². The lowest BCUT2D eigenvalue weighted by atomic mass is 9.46. The van der Waals surface area contributed by atoms with Crippen LogP contribution in [0.1, 0.15) is 65.7 Å². The van der Waals surface area contributed by atoms with Crippen LogP contribution in [0.5, 0.6) is 0 Å². The molecule has 0 N–H and O–H groups in total. The zero-order chi connectivity index (χ0) is 16.3. The van der Waals surface area contributed by atoms with Crippen molar-refractivity contribution >= 4 is 5.97 Å². The number of cyclic esters (lactones) is 1. The average Bonchev–Trinajstić information content (AvgIpc) is 3.12. The van der Waals surface area contributed by atoms with Gasteiger partial charge in [0.2, 0.25) is 0 Å². The molecule has 4 rings (SSSR count). The minimum absolute atomic E-state index is 0.0998. The van der Waals surface area contributed by atoms with Gasteiger partial charge in [-0.25, -0.2) is 4.79 Å². The second-order valence-corrected chi connectivity index (χ2v) is 9.20. The van der Waals surface area contributed by atoms with Gasteiger partial charge in [-0.05, 0) is 54.8 Å². The number of carbonyl (C=O) groups is 1. The van der Waals surface area contributed by atoms with Crippen molar-refractivity contribution in [1.82, 2.24) is 0 Å². The number of ether oxygens (including phenoxy) is 2. The summed E-state index contributed by atoms with van der Waals surface area (Å²) in [5.74, 6) is 1.23. The molecule has 2 saturated heterocycles. The van der Waals surface area contributed by atoms with E-state index in [1.54, 1.807) is 0 Å². The molecule has 0 bridgehead atoms. The van der Waals surface area contributed by atoms with Crippen LogP contribution in [0.15, 0.2) is 11.6 Å². The van der Waals surface area contributed by atoms with Gasteiger partial charge in [0.25, 0.3) is 0 Å². The van der Waals surface area contributed by atoms with Crippen molar-refractivity contribution in [3.8, 4) is 0 Å². The summed E-state index contributed by atoms with van der Waals surface area (Å²) in [5.41, 5.74) is 1.77. The topological polar surface area (TPSA) is 38.8 Å². The quantitative estimate of drug-likeness (QED) is 0.434. The molecule has 2 unspecified atom stereocenters. The van der Waals surface area contributed by atoms with E-state index in [1.165, 1.54) is 32.1 Å². The van der Waals surface area contributed by atoms with Crippen LogP contribution in [0.25, 0.3) is 0 Å². The molecule has 23 heavy (non-hydrogen) atoms. The molecule has 1 spiro atoms. The summed E-state index contributed by atoms with van der Waals surface area (Å²) in [5, 5.41) is 0. The van der Waals surface area contributed by atoms with Crippen LogP contribution in [0.4, 0.5) is 0 Å². The summed E-state index contributed by atoms with van der Waals surface area (Å²) in [6.07, 6.45) is 10.4. The zero-order valence-electron chi connectivity index (χ0n) is 14.8. The Balaban J connectivity index is 1.63. The Morgan fingerprint density at radius 1 is 1.22 bits per heavy atom. The predicted octanol–water partition coefficient (Wildman–Crippen LogP) is 4.26. The lowest BCUT2D eigenvalue weighted by Gasteiger charge is -2.59. The average molecular weight is 318 g/mol. The molecule has 2 heterocycles. The summed E-state index contributed by atoms with van der Waals surface area (Å²) in [6.45, 7) is 8.92. The molecule has 0 aromatic carbocycles. The second kappa shape index (κ2) is 5.08. The maximum atomic E-state index is 11.8. The number of fused-ring (bicyclic) bond motifs is 1. The molecule has 0 aromatic heterocycles. The van der Waals surface area contributed by atoms with Gasteiger partial charge in [0.15, 0.2) is 0 Å². The molecule has 3 nitrogen and oxygen atoms in total. The van der Waals surface area contributed by atoms with E-state index in [0.717, 1.165) is 30.9 Å². The molecule has 4 fully saturated rings. The summed E-state index contributed by atoms with van der Waals surface area (Å²) >= 11 is 0. The molecule has 4 atom stereocenters. The molecular weight excluding hydrogens is 288 g/mol. The predicted molar refractivity (Wildman–Crippen MR) is 88.9 cm³/mol. The second-order valence-electron chi connectivity index (χ2n) is 9.20. The third-order valence-electron chi connectivity index (χ3n) is 7.55. The van der Waals surface area contributed by atoms with E-state index >= 15 is 0 Å². The maximum absolute atomic E-state index is 11.8. The van der Waals surface area contributed by atoms with Gasteiger partial charge in [0.05, 0.1) is 18.8 Å². The molecule has 2 aliphatic carbocycles. The molecule has 2 saturated carbocycles. The van der Waals surface area contributed by atoms with Gasteiger partial charge >= 0.3 is 5.97 Å². The highest BCUT2D eigenvalue weighted by Gasteiger charge is 2.64. The fourth-order valence-corrected chi connectivity index (χ4v) is 6.28. The maximum Gasteiger partial charge on any atom is 0.333 e. The van der Waals surface area contributed by atoms with Crippen LogP contribution in [0.3, 0.4) is 0 Å². The summed E-state index contributed by atoms with van der Waals surface area (Å²) < 4.78 is 11.1. The van der Waals surface area contributed by atoms with Crippen molar-refractivity contribution in [3.05, 3.63) is 11.6 Å². The number of rotatable bonds is 2. The van der Waals surface area contributed by atoms with Gasteiger partial charge in [-0.1, -0.05) is 33.3 Å². The number of allylic oxidation sites excluding steroid dienone is 1. The van der Waals surface area contributed by atoms with Crippen LogP contribution in [0, 0.1) is 22.7 Å². The molecule has 2 aliphatic heterocycles. The number of hydrogen-bond donors (Lipinski definition) is 0. The highest BCUT2D eigenvalue weighted by atomic mass is 16.6. The van der Waals surface area contributed by atoms with Gasteiger partial charge < -0.3 is 9.47 Å². The summed E-state index contributed by atoms with van der Waals surface area (Å²) in [4.78, 5) is 11.8. The van der Waals surface area contributed by atoms with Crippen molar-refractivity contribution in [1.29, 1.82) is 0 Å². The van der Waals surface area contributed by atoms with E-state index in [0.29, 0.717) is 23.4 Å². The first kappa shape index (κ1) is 15.7. The lowest BCUT2D eigenvalue weighted by Crippen LogP contribution is -2.54. The molecule has 3 heteroatoms. The van der Waals surface area contributed by atoms with Crippen LogP contribution >= 0.6 is 0 Å². The minimum atomic E-state index is -0.0998. The van der Waals surface area contributed by atoms with Crippen LogP contribution in [-0.2, 0) is 14.3 Å². The third kappa shape index (κ3) is 2.38. The van der Waals surface area contributed by atoms with Gasteiger partial charge in [0, 0.05) is 12.0 Å². The molecule has 4 aliphatic rings. The standard InChI is InChI=1S/C20H30O3/c1-18(2)9-4-10-19(3)15(18)7-11-20(13-23-20)16(19)6-5-14-8-12-22-17(14)21/h5,15-16H,4,6-13H2,1-3H3/t15?,16?,19-,20+/m0/s1. The van der Waals surface area contributed by atoms with E-state index in [9.17, 15) is 4.79 Å². The minimum Gasteiger partial charge on any atom is -0.462 e. The molecule has 0 radical (unpaired) electrons. The Bertz CT molecular complexity index is 543. The van der Waals surface area contributed by atoms with Crippen LogP contribution < -0.4 is 0 Å². The first-order valence-corrected chi connectivity index (χ1v) is 9.38. The Morgan fingerprint density at radius 3 is 2.65 bits per heavy atom. The van der Waals surface area contributed by atoms with Crippen molar-refractivity contribution in [3.63, 3.8) is 0 Å². The number of hydrogen-bond acceptors (Lipinski definition) is 3. The molecular formula is C20H30O3. The normalized spacial score (nSPS) is 46.7. The first-order chi connectivity index (χ1) is 10.9. The van der Waals surface area contributed by atoms with E-state index < -0.39 is 0 Å². The molecule has 0 aromatic rings. The molecule has 128 valence electrons. The van der Waals surface area contributed by atoms with Gasteiger partial charge in [0.1, 0.15) is 0 Å². The van der Waals surface area contributed by atoms with Crippen molar-refractivity contribution in [2.45, 2.75) is 71.3 Å². The highest BCUT2D eigenvalue weighted by Crippen LogP contribution is 2.66. The lowest BCUT2D eigenvalue weighted by molar-refractivity contribution is -0.135. The highest BCUT2D eigenvalue weighted by molar-refractivity contribution is 5.90. The zero-order valence-corrected chi connectivity index (χ0v) is 14.8. The Labute approximate surface area is 139 Å². The van der Waals surface area contributed by atoms with E-state index in [4.69, 9.17) is 9.47 Å². The van der Waals surface area contributed by atoms with Crippen molar-refractivity contribution in [2.75, 3.05) is 13.2 Å². The van der Waals surface area contributed by atoms with Gasteiger partial charge in [-0.3, -0.25) is 0 Å². The van der Waals surface area contributed by atoms with Gasteiger partial charge in [-0.2, -0.15) is 0 Å². The monoisotopic (exact) mass is 318 g/mol. The first-order valence-electron chi connectivity index (χ1n) is 9.38. The SMILES string of the molecule is CC1(C)CCC[C@@]2(C)C1CC[C@@]1(CO1)C2CC=C1CCOC1=O. The number of carbonyl (C=O) groups excluding carboxylic acids is 1. The van der Waals surface area contributed by atoms with E-state index in [2.05, 4.69) is 26.8 Å². The number of epoxide rings is 1.